The number of carbonyl (C=O) groups is 1. The highest BCUT2D eigenvalue weighted by atomic mass is 16.2. The largest absolute Gasteiger partial charge is 0.335 e. The van der Waals surface area contributed by atoms with Crippen LogP contribution in [0.15, 0.2) is 36.9 Å². The third-order valence-electron chi connectivity index (χ3n) is 4.07. The molecule has 1 aliphatic carbocycles. The van der Waals surface area contributed by atoms with E-state index in [0.29, 0.717) is 24.9 Å². The first-order valence-corrected chi connectivity index (χ1v) is 6.29. The Balaban J connectivity index is 1.96. The molecule has 2 nitrogen and oxygen atoms in total. The third-order valence-corrected chi connectivity index (χ3v) is 4.07. The van der Waals surface area contributed by atoms with Gasteiger partial charge in [-0.25, -0.2) is 0 Å². The van der Waals surface area contributed by atoms with Crippen LogP contribution in [-0.2, 0) is 11.2 Å². The second kappa shape index (κ2) is 4.02. The van der Waals surface area contributed by atoms with Crippen molar-refractivity contribution >= 4 is 5.91 Å². The maximum Gasteiger partial charge on any atom is 0.223 e. The first-order chi connectivity index (χ1) is 8.31. The van der Waals surface area contributed by atoms with Gasteiger partial charge in [0.1, 0.15) is 0 Å². The Kier molecular flexibility index (Phi) is 2.50. The average molecular weight is 227 g/mol. The van der Waals surface area contributed by atoms with Gasteiger partial charge in [-0.1, -0.05) is 30.3 Å². The van der Waals surface area contributed by atoms with Gasteiger partial charge in [0.2, 0.25) is 5.91 Å². The molecular weight excluding hydrogens is 210 g/mol. The molecule has 1 aromatic rings. The van der Waals surface area contributed by atoms with E-state index in [4.69, 9.17) is 0 Å². The number of rotatable bonds is 2. The van der Waals surface area contributed by atoms with Crippen LogP contribution in [0.2, 0.25) is 0 Å². The molecule has 2 aliphatic rings. The van der Waals surface area contributed by atoms with Crippen LogP contribution in [0.3, 0.4) is 0 Å². The molecule has 0 spiro atoms. The summed E-state index contributed by atoms with van der Waals surface area (Å²) in [7, 11) is 0. The molecule has 1 fully saturated rings. The smallest absolute Gasteiger partial charge is 0.223 e. The summed E-state index contributed by atoms with van der Waals surface area (Å²) in [5, 5.41) is 0. The van der Waals surface area contributed by atoms with Gasteiger partial charge in [-0.2, -0.15) is 0 Å². The number of aryl methyl sites for hydroxylation is 1. The highest BCUT2D eigenvalue weighted by Gasteiger charge is 2.42. The van der Waals surface area contributed by atoms with Gasteiger partial charge >= 0.3 is 0 Å². The predicted molar refractivity (Wildman–Crippen MR) is 67.8 cm³/mol. The molecule has 1 heterocycles. The minimum atomic E-state index is 0.289. The van der Waals surface area contributed by atoms with Crippen molar-refractivity contribution in [3.05, 3.63) is 48.0 Å². The van der Waals surface area contributed by atoms with Crippen molar-refractivity contribution < 1.29 is 4.79 Å². The summed E-state index contributed by atoms with van der Waals surface area (Å²) in [5.41, 5.74) is 2.82. The van der Waals surface area contributed by atoms with Crippen molar-refractivity contribution in [1.82, 2.24) is 4.90 Å². The minimum Gasteiger partial charge on any atom is -0.335 e. The van der Waals surface area contributed by atoms with Gasteiger partial charge in [0.05, 0.1) is 0 Å². The normalized spacial score (nSPS) is 26.6. The standard InChI is InChI=1S/C15H17NO/c1-2-9-16-14-8-7-11-5-3-4-6-12(11)13(14)10-15(16)17/h2-6,13-14H,1,7-10H2/t13-,14+/m0/s1. The highest BCUT2D eigenvalue weighted by molar-refractivity contribution is 5.81. The Morgan fingerprint density at radius 1 is 1.41 bits per heavy atom. The van der Waals surface area contributed by atoms with Gasteiger partial charge in [0, 0.05) is 24.9 Å². The van der Waals surface area contributed by atoms with Crippen LogP contribution in [0.1, 0.15) is 29.9 Å². The number of amides is 1. The van der Waals surface area contributed by atoms with Gasteiger partial charge in [-0.15, -0.1) is 6.58 Å². The van der Waals surface area contributed by atoms with Gasteiger partial charge in [-0.05, 0) is 24.0 Å². The lowest BCUT2D eigenvalue weighted by Gasteiger charge is -2.32. The number of fused-ring (bicyclic) bond motifs is 3. The van der Waals surface area contributed by atoms with Crippen LogP contribution in [0, 0.1) is 0 Å². The van der Waals surface area contributed by atoms with Crippen molar-refractivity contribution in [2.45, 2.75) is 31.2 Å². The van der Waals surface area contributed by atoms with E-state index in [2.05, 4.69) is 30.8 Å². The fourth-order valence-electron chi connectivity index (χ4n) is 3.32. The van der Waals surface area contributed by atoms with Crippen LogP contribution < -0.4 is 0 Å². The molecule has 0 N–H and O–H groups in total. The second-order valence-corrected chi connectivity index (χ2v) is 4.95. The zero-order chi connectivity index (χ0) is 11.8. The quantitative estimate of drug-likeness (QED) is 0.711. The summed E-state index contributed by atoms with van der Waals surface area (Å²) < 4.78 is 0. The molecular formula is C15H17NO. The molecule has 3 rings (SSSR count). The van der Waals surface area contributed by atoms with Gasteiger partial charge in [-0.3, -0.25) is 4.79 Å². The maximum atomic E-state index is 12.0. The molecule has 1 amide bonds. The zero-order valence-corrected chi connectivity index (χ0v) is 9.93. The summed E-state index contributed by atoms with van der Waals surface area (Å²) in [5.74, 6) is 0.698. The first kappa shape index (κ1) is 10.6. The fraction of sp³-hybridized carbons (Fsp3) is 0.400. The molecule has 0 aromatic heterocycles. The molecule has 1 aromatic carbocycles. The Morgan fingerprint density at radius 2 is 2.24 bits per heavy atom. The van der Waals surface area contributed by atoms with E-state index in [1.807, 2.05) is 11.0 Å². The summed E-state index contributed by atoms with van der Waals surface area (Å²) in [6, 6.07) is 8.97. The third kappa shape index (κ3) is 1.59. The molecule has 0 saturated carbocycles. The van der Waals surface area contributed by atoms with Gasteiger partial charge in [0.25, 0.3) is 0 Å². The second-order valence-electron chi connectivity index (χ2n) is 4.95. The van der Waals surface area contributed by atoms with E-state index in [1.165, 1.54) is 11.1 Å². The topological polar surface area (TPSA) is 20.3 Å². The van der Waals surface area contributed by atoms with Crippen molar-refractivity contribution in [1.29, 1.82) is 0 Å². The van der Waals surface area contributed by atoms with Crippen LogP contribution in [0.5, 0.6) is 0 Å². The van der Waals surface area contributed by atoms with Gasteiger partial charge < -0.3 is 4.90 Å². The highest BCUT2D eigenvalue weighted by Crippen LogP contribution is 2.41. The summed E-state index contributed by atoms with van der Waals surface area (Å²) >= 11 is 0. The number of hydrogen-bond donors (Lipinski definition) is 0. The molecule has 2 atom stereocenters. The summed E-state index contributed by atoms with van der Waals surface area (Å²) in [6.07, 6.45) is 4.70. The number of hydrogen-bond acceptors (Lipinski definition) is 1. The number of nitrogens with zero attached hydrogens (tertiary/aromatic N) is 1. The molecule has 0 radical (unpaired) electrons. The number of carbonyl (C=O) groups excluding carboxylic acids is 1. The Labute approximate surface area is 102 Å². The Morgan fingerprint density at radius 3 is 3.06 bits per heavy atom. The van der Waals surface area contributed by atoms with Crippen molar-refractivity contribution in [2.75, 3.05) is 6.54 Å². The zero-order valence-electron chi connectivity index (χ0n) is 9.93. The Hall–Kier alpha value is -1.57. The predicted octanol–water partition coefficient (Wildman–Crippen LogP) is 2.50. The molecule has 88 valence electrons. The molecule has 0 bridgehead atoms. The van der Waals surface area contributed by atoms with E-state index in [9.17, 15) is 4.79 Å². The van der Waals surface area contributed by atoms with Crippen LogP contribution >= 0.6 is 0 Å². The molecule has 1 saturated heterocycles. The van der Waals surface area contributed by atoms with E-state index in [1.54, 1.807) is 0 Å². The molecule has 17 heavy (non-hydrogen) atoms. The van der Waals surface area contributed by atoms with Crippen molar-refractivity contribution in [3.8, 4) is 0 Å². The number of benzene rings is 1. The van der Waals surface area contributed by atoms with Crippen LogP contribution in [0.25, 0.3) is 0 Å². The fourth-order valence-corrected chi connectivity index (χ4v) is 3.32. The SMILES string of the molecule is C=CCN1C(=O)C[C@H]2c3ccccc3CC[C@H]21. The van der Waals surface area contributed by atoms with E-state index >= 15 is 0 Å². The van der Waals surface area contributed by atoms with E-state index in [0.717, 1.165) is 12.8 Å². The van der Waals surface area contributed by atoms with Crippen molar-refractivity contribution in [2.24, 2.45) is 0 Å². The van der Waals surface area contributed by atoms with E-state index < -0.39 is 0 Å². The lowest BCUT2D eigenvalue weighted by atomic mass is 9.79. The van der Waals surface area contributed by atoms with Crippen molar-refractivity contribution in [3.63, 3.8) is 0 Å². The van der Waals surface area contributed by atoms with Gasteiger partial charge in [0.15, 0.2) is 0 Å². The summed E-state index contributed by atoms with van der Waals surface area (Å²) in [4.78, 5) is 14.0. The van der Waals surface area contributed by atoms with Crippen LogP contribution in [0.4, 0.5) is 0 Å². The van der Waals surface area contributed by atoms with E-state index in [-0.39, 0.29) is 5.91 Å². The van der Waals surface area contributed by atoms with Crippen LogP contribution in [-0.4, -0.2) is 23.4 Å². The molecule has 2 heteroatoms. The maximum absolute atomic E-state index is 12.0. The lowest BCUT2D eigenvalue weighted by Crippen LogP contribution is -2.37. The Bertz CT molecular complexity index is 466. The monoisotopic (exact) mass is 227 g/mol. The molecule has 1 aliphatic heterocycles. The lowest BCUT2D eigenvalue weighted by molar-refractivity contribution is -0.128. The number of likely N-dealkylation sites (tertiary alicyclic amines) is 1. The average Bonchev–Trinajstić information content (AvgIpc) is 2.67. The molecule has 0 unspecified atom stereocenters. The minimum absolute atomic E-state index is 0.289. The first-order valence-electron chi connectivity index (χ1n) is 6.29. The summed E-state index contributed by atoms with van der Waals surface area (Å²) in [6.45, 7) is 4.44.